The van der Waals surface area contributed by atoms with Crippen LogP contribution in [0.5, 0.6) is 0 Å². The van der Waals surface area contributed by atoms with Gasteiger partial charge in [-0.05, 0) is 25.3 Å². The molecule has 0 bridgehead atoms. The highest BCUT2D eigenvalue weighted by Crippen LogP contribution is 2.33. The summed E-state index contributed by atoms with van der Waals surface area (Å²) >= 11 is 0. The monoisotopic (exact) mass is 329 g/mol. The van der Waals surface area contributed by atoms with Gasteiger partial charge in [0.1, 0.15) is 11.9 Å². The number of aryl methyl sites for hydroxylation is 1. The van der Waals surface area contributed by atoms with Crippen molar-refractivity contribution in [2.75, 3.05) is 13.2 Å². The molecule has 1 aliphatic carbocycles. The molecule has 0 spiro atoms. The van der Waals surface area contributed by atoms with E-state index in [0.717, 1.165) is 31.9 Å². The van der Waals surface area contributed by atoms with Crippen LogP contribution in [0.3, 0.4) is 0 Å². The fourth-order valence-electron chi connectivity index (χ4n) is 4.12. The minimum absolute atomic E-state index is 0.109. The second kappa shape index (κ2) is 7.07. The Kier molecular flexibility index (Phi) is 4.67. The second-order valence-electron chi connectivity index (χ2n) is 7.07. The molecule has 0 amide bonds. The Hall–Kier alpha value is -1.66. The molecule has 2 aromatic rings. The molecular weight excluding hydrogens is 302 g/mol. The summed E-state index contributed by atoms with van der Waals surface area (Å²) in [5.41, 5.74) is 1.30. The van der Waals surface area contributed by atoms with Gasteiger partial charge in [-0.2, -0.15) is 5.10 Å². The molecule has 0 unspecified atom stereocenters. The molecule has 2 fully saturated rings. The third-order valence-electron chi connectivity index (χ3n) is 5.46. The second-order valence-corrected chi connectivity index (χ2v) is 7.07. The zero-order chi connectivity index (χ0) is 16.4. The Morgan fingerprint density at radius 1 is 1.25 bits per heavy atom. The number of ether oxygens (including phenoxy) is 1. The summed E-state index contributed by atoms with van der Waals surface area (Å²) in [6.45, 7) is 2.65. The average molecular weight is 329 g/mol. The summed E-state index contributed by atoms with van der Waals surface area (Å²) in [5.74, 6) is 1.52. The van der Waals surface area contributed by atoms with Gasteiger partial charge >= 0.3 is 0 Å². The Bertz CT molecular complexity index is 658. The first-order chi connectivity index (χ1) is 11.8. The van der Waals surface area contributed by atoms with Crippen molar-refractivity contribution in [2.45, 2.75) is 50.8 Å². The van der Waals surface area contributed by atoms with Crippen molar-refractivity contribution < 1.29 is 4.74 Å². The lowest BCUT2D eigenvalue weighted by atomic mass is 10.0. The number of hydrogen-bond acceptors (Lipinski definition) is 4. The zero-order valence-electron chi connectivity index (χ0n) is 14.4. The van der Waals surface area contributed by atoms with Crippen molar-refractivity contribution in [3.8, 4) is 0 Å². The largest absolute Gasteiger partial charge is 0.370 e. The third-order valence-corrected chi connectivity index (χ3v) is 5.46. The van der Waals surface area contributed by atoms with Gasteiger partial charge in [-0.3, -0.25) is 4.68 Å². The quantitative estimate of drug-likeness (QED) is 0.885. The molecule has 130 valence electrons. The molecular formula is C18H27N5O. The maximum Gasteiger partial charge on any atom is 0.137 e. The fourth-order valence-corrected chi connectivity index (χ4v) is 4.12. The standard InChI is InChI=1S/C18H27N5O/c1-22-10-9-20-18(22)17-14(7-11-24-17)12-19-13-16-6-8-21-23(16)15-4-2-3-5-15/h6,8-10,14-15,17,19H,2-5,7,11-13H2,1H3/t14-,17+/m0/s1. The summed E-state index contributed by atoms with van der Waals surface area (Å²) in [6, 6.07) is 2.75. The Morgan fingerprint density at radius 3 is 2.92 bits per heavy atom. The maximum atomic E-state index is 5.94. The zero-order valence-corrected chi connectivity index (χ0v) is 14.4. The predicted octanol–water partition coefficient (Wildman–Crippen LogP) is 2.60. The number of imidazole rings is 1. The van der Waals surface area contributed by atoms with Crippen LogP contribution in [-0.4, -0.2) is 32.5 Å². The number of rotatable bonds is 6. The molecule has 1 saturated carbocycles. The van der Waals surface area contributed by atoms with Crippen LogP contribution in [-0.2, 0) is 18.3 Å². The van der Waals surface area contributed by atoms with Gasteiger partial charge in [-0.1, -0.05) is 12.8 Å². The topological polar surface area (TPSA) is 56.9 Å². The first-order valence-corrected chi connectivity index (χ1v) is 9.15. The normalized spacial score (nSPS) is 24.9. The first-order valence-electron chi connectivity index (χ1n) is 9.15. The van der Waals surface area contributed by atoms with Crippen molar-refractivity contribution in [2.24, 2.45) is 13.0 Å². The molecule has 1 N–H and O–H groups in total. The van der Waals surface area contributed by atoms with Gasteiger partial charge in [0.2, 0.25) is 0 Å². The van der Waals surface area contributed by atoms with Gasteiger partial charge in [0.25, 0.3) is 0 Å². The molecule has 0 radical (unpaired) electrons. The van der Waals surface area contributed by atoms with Crippen molar-refractivity contribution in [1.82, 2.24) is 24.6 Å². The number of hydrogen-bond donors (Lipinski definition) is 1. The van der Waals surface area contributed by atoms with E-state index in [1.54, 1.807) is 0 Å². The van der Waals surface area contributed by atoms with Gasteiger partial charge in [-0.15, -0.1) is 0 Å². The van der Waals surface area contributed by atoms with Gasteiger partial charge in [-0.25, -0.2) is 4.98 Å². The molecule has 1 aliphatic heterocycles. The van der Waals surface area contributed by atoms with E-state index in [2.05, 4.69) is 30.7 Å². The Morgan fingerprint density at radius 2 is 2.12 bits per heavy atom. The summed E-state index contributed by atoms with van der Waals surface area (Å²) in [4.78, 5) is 4.47. The highest BCUT2D eigenvalue weighted by Gasteiger charge is 2.32. The van der Waals surface area contributed by atoms with Crippen LogP contribution < -0.4 is 5.32 Å². The maximum absolute atomic E-state index is 5.94. The lowest BCUT2D eigenvalue weighted by Crippen LogP contribution is -2.27. The molecule has 0 aromatic carbocycles. The molecule has 1 saturated heterocycles. The van der Waals surface area contributed by atoms with Crippen molar-refractivity contribution >= 4 is 0 Å². The van der Waals surface area contributed by atoms with E-state index >= 15 is 0 Å². The smallest absolute Gasteiger partial charge is 0.137 e. The SMILES string of the molecule is Cn1ccnc1[C@@H]1OCC[C@H]1CNCc1ccnn1C1CCCC1. The summed E-state index contributed by atoms with van der Waals surface area (Å²) < 4.78 is 10.2. The molecule has 2 aliphatic rings. The molecule has 6 nitrogen and oxygen atoms in total. The molecule has 3 heterocycles. The highest BCUT2D eigenvalue weighted by atomic mass is 16.5. The van der Waals surface area contributed by atoms with Crippen LogP contribution in [0.4, 0.5) is 0 Å². The number of nitrogens with zero attached hydrogens (tertiary/aromatic N) is 4. The highest BCUT2D eigenvalue weighted by molar-refractivity contribution is 5.04. The van der Waals surface area contributed by atoms with Crippen LogP contribution in [0, 0.1) is 5.92 Å². The fraction of sp³-hybridized carbons (Fsp3) is 0.667. The number of nitrogens with one attached hydrogen (secondary N) is 1. The third kappa shape index (κ3) is 3.13. The molecule has 2 atom stereocenters. The Balaban J connectivity index is 1.34. The lowest BCUT2D eigenvalue weighted by molar-refractivity contribution is 0.0810. The van der Waals surface area contributed by atoms with Gasteiger partial charge in [0.05, 0.1) is 11.7 Å². The van der Waals surface area contributed by atoms with Crippen molar-refractivity contribution in [3.05, 3.63) is 36.2 Å². The first kappa shape index (κ1) is 15.8. The van der Waals surface area contributed by atoms with Crippen molar-refractivity contribution in [3.63, 3.8) is 0 Å². The minimum atomic E-state index is 0.109. The molecule has 4 rings (SSSR count). The minimum Gasteiger partial charge on any atom is -0.370 e. The van der Waals surface area contributed by atoms with E-state index in [0.29, 0.717) is 12.0 Å². The van der Waals surface area contributed by atoms with Crippen LogP contribution >= 0.6 is 0 Å². The van der Waals surface area contributed by atoms with E-state index < -0.39 is 0 Å². The van der Waals surface area contributed by atoms with Crippen LogP contribution in [0.25, 0.3) is 0 Å². The van der Waals surface area contributed by atoms with Crippen LogP contribution in [0.2, 0.25) is 0 Å². The van der Waals surface area contributed by atoms with E-state index in [9.17, 15) is 0 Å². The van der Waals surface area contributed by atoms with E-state index in [1.807, 2.05) is 25.6 Å². The lowest BCUT2D eigenvalue weighted by Gasteiger charge is -2.19. The Labute approximate surface area is 143 Å². The summed E-state index contributed by atoms with van der Waals surface area (Å²) in [6.07, 6.45) is 12.2. The predicted molar refractivity (Wildman–Crippen MR) is 91.4 cm³/mol. The van der Waals surface area contributed by atoms with Gasteiger partial charge in [0, 0.05) is 51.3 Å². The van der Waals surface area contributed by atoms with E-state index in [-0.39, 0.29) is 6.10 Å². The van der Waals surface area contributed by atoms with E-state index in [4.69, 9.17) is 4.74 Å². The summed E-state index contributed by atoms with van der Waals surface area (Å²) in [5, 5.41) is 8.18. The van der Waals surface area contributed by atoms with Gasteiger partial charge < -0.3 is 14.6 Å². The van der Waals surface area contributed by atoms with Crippen LogP contribution in [0.15, 0.2) is 24.7 Å². The summed E-state index contributed by atoms with van der Waals surface area (Å²) in [7, 11) is 2.04. The van der Waals surface area contributed by atoms with Crippen molar-refractivity contribution in [1.29, 1.82) is 0 Å². The van der Waals surface area contributed by atoms with Crippen LogP contribution in [0.1, 0.15) is 55.8 Å². The number of aromatic nitrogens is 4. The molecule has 2 aromatic heterocycles. The van der Waals surface area contributed by atoms with Gasteiger partial charge in [0.15, 0.2) is 0 Å². The molecule has 6 heteroatoms. The average Bonchev–Trinajstić information content (AvgIpc) is 3.35. The molecule has 24 heavy (non-hydrogen) atoms. The van der Waals surface area contributed by atoms with E-state index in [1.165, 1.54) is 31.4 Å².